The summed E-state index contributed by atoms with van der Waals surface area (Å²) in [5.41, 5.74) is 0.873. The minimum atomic E-state index is -0.242. The smallest absolute Gasteiger partial charge is 0.267 e. The van der Waals surface area contributed by atoms with E-state index in [1.54, 1.807) is 12.3 Å². The lowest BCUT2D eigenvalue weighted by molar-refractivity contribution is 0.0117. The summed E-state index contributed by atoms with van der Waals surface area (Å²) in [6, 6.07) is 5.39. The summed E-state index contributed by atoms with van der Waals surface area (Å²) in [4.78, 5) is 28.8. The van der Waals surface area contributed by atoms with Crippen LogP contribution in [0.1, 0.15) is 45.3 Å². The van der Waals surface area contributed by atoms with Gasteiger partial charge in [-0.3, -0.25) is 14.5 Å². The van der Waals surface area contributed by atoms with E-state index in [1.165, 1.54) is 6.92 Å². The van der Waals surface area contributed by atoms with E-state index in [0.717, 1.165) is 24.6 Å². The number of furan rings is 1. The van der Waals surface area contributed by atoms with Crippen LogP contribution in [0.3, 0.4) is 0 Å². The summed E-state index contributed by atoms with van der Waals surface area (Å²) in [6.45, 7) is 6.71. The first-order valence-electron chi connectivity index (χ1n) is 8.40. The molecule has 0 bridgehead atoms. The van der Waals surface area contributed by atoms with Crippen molar-refractivity contribution in [3.63, 3.8) is 0 Å². The molecule has 7 nitrogen and oxygen atoms in total. The number of aromatic amines is 1. The maximum Gasteiger partial charge on any atom is 0.267 e. The Hall–Kier alpha value is -2.38. The van der Waals surface area contributed by atoms with Crippen LogP contribution in [0, 0.1) is 6.92 Å². The highest BCUT2D eigenvalue weighted by Crippen LogP contribution is 2.23. The third kappa shape index (κ3) is 4.18. The maximum absolute atomic E-state index is 12.4. The molecule has 3 rings (SSSR count). The Morgan fingerprint density at radius 3 is 2.68 bits per heavy atom. The van der Waals surface area contributed by atoms with Crippen molar-refractivity contribution in [2.45, 2.75) is 19.9 Å². The zero-order valence-corrected chi connectivity index (χ0v) is 14.5. The molecule has 2 aromatic rings. The van der Waals surface area contributed by atoms with Gasteiger partial charge < -0.3 is 19.5 Å². The molecule has 1 amide bonds. The van der Waals surface area contributed by atoms with E-state index in [4.69, 9.17) is 9.15 Å². The van der Waals surface area contributed by atoms with Gasteiger partial charge in [-0.25, -0.2) is 0 Å². The third-order valence-electron chi connectivity index (χ3n) is 4.37. The number of nitrogens with one attached hydrogen (secondary N) is 2. The van der Waals surface area contributed by atoms with E-state index in [9.17, 15) is 9.59 Å². The molecule has 1 aliphatic heterocycles. The van der Waals surface area contributed by atoms with Crippen molar-refractivity contribution in [3.8, 4) is 0 Å². The van der Waals surface area contributed by atoms with Crippen LogP contribution < -0.4 is 5.32 Å². The molecule has 1 aliphatic rings. The van der Waals surface area contributed by atoms with Gasteiger partial charge in [0.05, 0.1) is 19.3 Å². The SMILES string of the molecule is CC(=O)c1c[nH]c(C(=O)NC[C@H](c2ccc(C)o2)N2CCOCC2)c1. The predicted molar refractivity (Wildman–Crippen MR) is 91.7 cm³/mol. The van der Waals surface area contributed by atoms with Crippen LogP contribution in [0.2, 0.25) is 0 Å². The number of hydrogen-bond acceptors (Lipinski definition) is 5. The second kappa shape index (κ2) is 7.67. The number of ketones is 1. The molecule has 25 heavy (non-hydrogen) atoms. The van der Waals surface area contributed by atoms with Crippen LogP contribution in [-0.2, 0) is 4.74 Å². The highest BCUT2D eigenvalue weighted by molar-refractivity contribution is 5.99. The predicted octanol–water partition coefficient (Wildman–Crippen LogP) is 1.92. The fourth-order valence-electron chi connectivity index (χ4n) is 2.94. The molecule has 0 aromatic carbocycles. The lowest BCUT2D eigenvalue weighted by Crippen LogP contribution is -2.43. The van der Waals surface area contributed by atoms with Gasteiger partial charge in [-0.05, 0) is 32.0 Å². The second-order valence-corrected chi connectivity index (χ2v) is 6.18. The lowest BCUT2D eigenvalue weighted by Gasteiger charge is -2.33. The van der Waals surface area contributed by atoms with Crippen molar-refractivity contribution >= 4 is 11.7 Å². The van der Waals surface area contributed by atoms with Crippen LogP contribution in [0.25, 0.3) is 0 Å². The summed E-state index contributed by atoms with van der Waals surface area (Å²) in [7, 11) is 0. The molecule has 0 radical (unpaired) electrons. The molecular weight excluding hydrogens is 322 g/mol. The van der Waals surface area contributed by atoms with E-state index < -0.39 is 0 Å². The molecule has 2 aromatic heterocycles. The molecule has 0 unspecified atom stereocenters. The van der Waals surface area contributed by atoms with Gasteiger partial charge in [0, 0.05) is 31.4 Å². The molecule has 134 valence electrons. The van der Waals surface area contributed by atoms with Gasteiger partial charge in [-0.1, -0.05) is 0 Å². The maximum atomic E-state index is 12.4. The van der Waals surface area contributed by atoms with Crippen molar-refractivity contribution in [2.24, 2.45) is 0 Å². The minimum Gasteiger partial charge on any atom is -0.465 e. The summed E-state index contributed by atoms with van der Waals surface area (Å²) in [6.07, 6.45) is 1.55. The average molecular weight is 345 g/mol. The number of hydrogen-bond donors (Lipinski definition) is 2. The van der Waals surface area contributed by atoms with E-state index in [-0.39, 0.29) is 17.7 Å². The summed E-state index contributed by atoms with van der Waals surface area (Å²) < 4.78 is 11.2. The normalized spacial score (nSPS) is 16.6. The first kappa shape index (κ1) is 17.4. The molecule has 7 heteroatoms. The Balaban J connectivity index is 1.69. The van der Waals surface area contributed by atoms with Gasteiger partial charge in [0.15, 0.2) is 5.78 Å². The minimum absolute atomic E-state index is 0.0520. The van der Waals surface area contributed by atoms with E-state index in [0.29, 0.717) is 31.0 Å². The zero-order valence-electron chi connectivity index (χ0n) is 14.5. The van der Waals surface area contributed by atoms with Gasteiger partial charge in [-0.15, -0.1) is 0 Å². The van der Waals surface area contributed by atoms with E-state index in [2.05, 4.69) is 15.2 Å². The fraction of sp³-hybridized carbons (Fsp3) is 0.444. The molecule has 0 aliphatic carbocycles. The summed E-state index contributed by atoms with van der Waals surface area (Å²) in [5, 5.41) is 2.93. The number of nitrogens with zero attached hydrogens (tertiary/aromatic N) is 1. The molecule has 1 saturated heterocycles. The molecule has 1 atom stereocenters. The Morgan fingerprint density at radius 1 is 1.32 bits per heavy atom. The number of ether oxygens (including phenoxy) is 1. The van der Waals surface area contributed by atoms with Crippen molar-refractivity contribution in [2.75, 3.05) is 32.8 Å². The molecule has 0 spiro atoms. The van der Waals surface area contributed by atoms with Gasteiger partial charge in [0.25, 0.3) is 5.91 Å². The quantitative estimate of drug-likeness (QED) is 0.781. The molecule has 0 saturated carbocycles. The van der Waals surface area contributed by atoms with E-state index in [1.807, 2.05) is 19.1 Å². The highest BCUT2D eigenvalue weighted by atomic mass is 16.5. The largest absolute Gasteiger partial charge is 0.465 e. The lowest BCUT2D eigenvalue weighted by atomic mass is 10.1. The van der Waals surface area contributed by atoms with Crippen molar-refractivity contribution in [3.05, 3.63) is 47.2 Å². The zero-order chi connectivity index (χ0) is 17.8. The summed E-state index contributed by atoms with van der Waals surface area (Å²) >= 11 is 0. The average Bonchev–Trinajstić information content (AvgIpc) is 3.25. The number of aromatic nitrogens is 1. The van der Waals surface area contributed by atoms with Gasteiger partial charge in [-0.2, -0.15) is 0 Å². The Bertz CT molecular complexity index is 743. The first-order valence-corrected chi connectivity index (χ1v) is 8.40. The van der Waals surface area contributed by atoms with Crippen LogP contribution in [-0.4, -0.2) is 54.4 Å². The number of carbonyl (C=O) groups excluding carboxylic acids is 2. The molecule has 1 fully saturated rings. The number of H-pyrrole nitrogens is 1. The number of morpholine rings is 1. The van der Waals surface area contributed by atoms with Gasteiger partial charge in [0.2, 0.25) is 0 Å². The second-order valence-electron chi connectivity index (χ2n) is 6.18. The topological polar surface area (TPSA) is 87.6 Å². The van der Waals surface area contributed by atoms with Crippen LogP contribution in [0.5, 0.6) is 0 Å². The highest BCUT2D eigenvalue weighted by Gasteiger charge is 2.26. The van der Waals surface area contributed by atoms with Crippen molar-refractivity contribution in [1.82, 2.24) is 15.2 Å². The number of aryl methyl sites for hydroxylation is 1. The first-order chi connectivity index (χ1) is 12.0. The van der Waals surface area contributed by atoms with Crippen LogP contribution >= 0.6 is 0 Å². The number of rotatable bonds is 6. The fourth-order valence-corrected chi connectivity index (χ4v) is 2.94. The van der Waals surface area contributed by atoms with Crippen LogP contribution in [0.15, 0.2) is 28.8 Å². The Morgan fingerprint density at radius 2 is 2.08 bits per heavy atom. The molecule has 2 N–H and O–H groups in total. The number of amides is 1. The molecular formula is C18H23N3O4. The van der Waals surface area contributed by atoms with E-state index >= 15 is 0 Å². The third-order valence-corrected chi connectivity index (χ3v) is 4.37. The molecule has 3 heterocycles. The van der Waals surface area contributed by atoms with Gasteiger partial charge >= 0.3 is 0 Å². The summed E-state index contributed by atoms with van der Waals surface area (Å²) in [5.74, 6) is 1.35. The number of carbonyl (C=O) groups is 2. The van der Waals surface area contributed by atoms with Crippen molar-refractivity contribution in [1.29, 1.82) is 0 Å². The van der Waals surface area contributed by atoms with Gasteiger partial charge in [0.1, 0.15) is 17.2 Å². The van der Waals surface area contributed by atoms with Crippen molar-refractivity contribution < 1.29 is 18.7 Å². The Labute approximate surface area is 146 Å². The monoisotopic (exact) mass is 345 g/mol. The Kier molecular flexibility index (Phi) is 5.35. The number of Topliss-reactive ketones (excluding diaryl/α,β-unsaturated/α-hetero) is 1. The standard InChI is InChI=1S/C18H23N3O4/c1-12-3-4-17(25-12)16(21-5-7-24-8-6-21)11-20-18(23)15-9-14(10-19-15)13(2)22/h3-4,9-10,16,19H,5-8,11H2,1-2H3,(H,20,23)/t16-/m1/s1. The van der Waals surface area contributed by atoms with Crippen LogP contribution in [0.4, 0.5) is 0 Å².